The second kappa shape index (κ2) is 5.65. The number of nitrogens with two attached hydrogens (primary N) is 1. The van der Waals surface area contributed by atoms with Gasteiger partial charge in [-0.3, -0.25) is 0 Å². The second-order valence-electron chi connectivity index (χ2n) is 3.44. The van der Waals surface area contributed by atoms with E-state index in [1.54, 1.807) is 12.3 Å². The van der Waals surface area contributed by atoms with E-state index >= 15 is 0 Å². The van der Waals surface area contributed by atoms with E-state index in [4.69, 9.17) is 10.6 Å². The van der Waals surface area contributed by atoms with Gasteiger partial charge in [0.1, 0.15) is 18.2 Å². The second-order valence-corrected chi connectivity index (χ2v) is 4.35. The van der Waals surface area contributed by atoms with E-state index in [9.17, 15) is 0 Å². The van der Waals surface area contributed by atoms with E-state index in [1.165, 1.54) is 0 Å². The minimum atomic E-state index is 0.486. The Bertz CT molecular complexity index is 470. The fourth-order valence-electron chi connectivity index (χ4n) is 1.29. The van der Waals surface area contributed by atoms with Crippen LogP contribution in [0.15, 0.2) is 47.1 Å². The van der Waals surface area contributed by atoms with Gasteiger partial charge < -0.3 is 10.2 Å². The highest BCUT2D eigenvalue weighted by Crippen LogP contribution is 2.17. The molecule has 2 rings (SSSR count). The third-order valence-electron chi connectivity index (χ3n) is 2.19. The minimum absolute atomic E-state index is 0.486. The fourth-order valence-corrected chi connectivity index (χ4v) is 1.56. The van der Waals surface area contributed by atoms with Crippen molar-refractivity contribution < 1.29 is 4.74 Å². The number of hydrogen-bond donors (Lipinski definition) is 2. The number of anilines is 1. The molecule has 4 nitrogen and oxygen atoms in total. The Labute approximate surface area is 108 Å². The van der Waals surface area contributed by atoms with E-state index in [2.05, 4.69) is 26.3 Å². The molecular formula is C12H12BrN3O. The van der Waals surface area contributed by atoms with Gasteiger partial charge in [0.05, 0.1) is 0 Å². The molecule has 2 aromatic rings. The zero-order chi connectivity index (χ0) is 12.1. The van der Waals surface area contributed by atoms with Crippen LogP contribution < -0.4 is 16.0 Å². The van der Waals surface area contributed by atoms with Crippen LogP contribution in [0, 0.1) is 0 Å². The maximum Gasteiger partial charge on any atom is 0.139 e. The molecule has 0 saturated heterocycles. The number of aromatic nitrogens is 1. The number of ether oxygens (including phenoxy) is 1. The normalized spacial score (nSPS) is 10.0. The average Bonchev–Trinajstić information content (AvgIpc) is 2.39. The highest BCUT2D eigenvalue weighted by Gasteiger charge is 1.97. The number of hydrogen-bond acceptors (Lipinski definition) is 4. The predicted molar refractivity (Wildman–Crippen MR) is 70.5 cm³/mol. The molecule has 0 spiro atoms. The molecule has 5 heteroatoms. The van der Waals surface area contributed by atoms with Gasteiger partial charge >= 0.3 is 0 Å². The molecule has 0 amide bonds. The molecule has 0 aliphatic rings. The lowest BCUT2D eigenvalue weighted by Crippen LogP contribution is -2.08. The summed E-state index contributed by atoms with van der Waals surface area (Å²) in [6.07, 6.45) is 1.73. The van der Waals surface area contributed by atoms with Crippen LogP contribution in [0.5, 0.6) is 5.75 Å². The first-order valence-corrected chi connectivity index (χ1v) is 5.87. The molecule has 1 heterocycles. The van der Waals surface area contributed by atoms with E-state index in [-0.39, 0.29) is 0 Å². The van der Waals surface area contributed by atoms with Gasteiger partial charge in [-0.25, -0.2) is 10.8 Å². The Morgan fingerprint density at radius 2 is 1.94 bits per heavy atom. The van der Waals surface area contributed by atoms with Gasteiger partial charge in [0, 0.05) is 16.2 Å². The third-order valence-corrected chi connectivity index (χ3v) is 2.72. The number of halogens is 1. The summed E-state index contributed by atoms with van der Waals surface area (Å²) in [5.74, 6) is 6.70. The molecule has 17 heavy (non-hydrogen) atoms. The summed E-state index contributed by atoms with van der Waals surface area (Å²) in [6.45, 7) is 0.486. The highest BCUT2D eigenvalue weighted by molar-refractivity contribution is 9.10. The maximum absolute atomic E-state index is 5.61. The van der Waals surface area contributed by atoms with Crippen LogP contribution in [0.1, 0.15) is 5.56 Å². The standard InChI is InChI=1S/C12H12BrN3O/c13-10-2-4-11(5-3-10)17-8-9-1-6-12(16-14)15-7-9/h1-7H,8,14H2,(H,15,16). The van der Waals surface area contributed by atoms with Crippen LogP contribution in [0.2, 0.25) is 0 Å². The molecule has 1 aromatic heterocycles. The van der Waals surface area contributed by atoms with Crippen molar-refractivity contribution >= 4 is 21.7 Å². The lowest BCUT2D eigenvalue weighted by Gasteiger charge is -2.06. The Morgan fingerprint density at radius 1 is 1.18 bits per heavy atom. The minimum Gasteiger partial charge on any atom is -0.489 e. The smallest absolute Gasteiger partial charge is 0.139 e. The zero-order valence-corrected chi connectivity index (χ0v) is 10.6. The summed E-state index contributed by atoms with van der Waals surface area (Å²) in [5.41, 5.74) is 3.47. The van der Waals surface area contributed by atoms with Gasteiger partial charge in [0.2, 0.25) is 0 Å². The van der Waals surface area contributed by atoms with Gasteiger partial charge in [-0.15, -0.1) is 0 Å². The Morgan fingerprint density at radius 3 is 2.53 bits per heavy atom. The van der Waals surface area contributed by atoms with Gasteiger partial charge in [-0.05, 0) is 30.3 Å². The maximum atomic E-state index is 5.61. The molecule has 0 atom stereocenters. The van der Waals surface area contributed by atoms with E-state index in [0.717, 1.165) is 15.8 Å². The molecule has 0 radical (unpaired) electrons. The predicted octanol–water partition coefficient (Wildman–Crippen LogP) is 2.71. The number of nitrogen functional groups attached to an aromatic ring is 1. The summed E-state index contributed by atoms with van der Waals surface area (Å²) < 4.78 is 6.64. The lowest BCUT2D eigenvalue weighted by atomic mass is 10.3. The van der Waals surface area contributed by atoms with Crippen molar-refractivity contribution in [1.29, 1.82) is 0 Å². The Kier molecular flexibility index (Phi) is 3.95. The van der Waals surface area contributed by atoms with Gasteiger partial charge in [-0.1, -0.05) is 22.0 Å². The quantitative estimate of drug-likeness (QED) is 0.672. The van der Waals surface area contributed by atoms with E-state index < -0.39 is 0 Å². The highest BCUT2D eigenvalue weighted by atomic mass is 79.9. The molecule has 3 N–H and O–H groups in total. The van der Waals surface area contributed by atoms with Crippen LogP contribution in [0.25, 0.3) is 0 Å². The summed E-state index contributed by atoms with van der Waals surface area (Å²) >= 11 is 3.37. The van der Waals surface area contributed by atoms with Gasteiger partial charge in [-0.2, -0.15) is 0 Å². The molecule has 0 aliphatic carbocycles. The number of pyridine rings is 1. The summed E-state index contributed by atoms with van der Waals surface area (Å²) in [4.78, 5) is 4.10. The first-order chi connectivity index (χ1) is 8.28. The monoisotopic (exact) mass is 293 g/mol. The van der Waals surface area contributed by atoms with Gasteiger partial charge in [0.25, 0.3) is 0 Å². The van der Waals surface area contributed by atoms with Crippen molar-refractivity contribution in [2.45, 2.75) is 6.61 Å². The zero-order valence-electron chi connectivity index (χ0n) is 9.06. The van der Waals surface area contributed by atoms with Crippen LogP contribution in [0.4, 0.5) is 5.82 Å². The molecular weight excluding hydrogens is 282 g/mol. The number of nitrogens with one attached hydrogen (secondary N) is 1. The Hall–Kier alpha value is -1.59. The van der Waals surface area contributed by atoms with Crippen LogP contribution in [-0.2, 0) is 6.61 Å². The van der Waals surface area contributed by atoms with Crippen molar-refractivity contribution in [3.05, 3.63) is 52.6 Å². The van der Waals surface area contributed by atoms with E-state index in [1.807, 2.05) is 30.3 Å². The fraction of sp³-hybridized carbons (Fsp3) is 0.0833. The summed E-state index contributed by atoms with van der Waals surface area (Å²) in [7, 11) is 0. The number of nitrogens with zero attached hydrogens (tertiary/aromatic N) is 1. The van der Waals surface area contributed by atoms with Crippen molar-refractivity contribution in [3.63, 3.8) is 0 Å². The van der Waals surface area contributed by atoms with E-state index in [0.29, 0.717) is 12.4 Å². The average molecular weight is 294 g/mol. The largest absolute Gasteiger partial charge is 0.489 e. The third kappa shape index (κ3) is 3.44. The van der Waals surface area contributed by atoms with Crippen LogP contribution in [0.3, 0.4) is 0 Å². The first kappa shape index (κ1) is 11.9. The summed E-state index contributed by atoms with van der Waals surface area (Å²) in [6, 6.07) is 11.4. The van der Waals surface area contributed by atoms with Crippen molar-refractivity contribution in [1.82, 2.24) is 4.98 Å². The van der Waals surface area contributed by atoms with Crippen molar-refractivity contribution in [2.75, 3.05) is 5.43 Å². The first-order valence-electron chi connectivity index (χ1n) is 5.08. The lowest BCUT2D eigenvalue weighted by molar-refractivity contribution is 0.306. The van der Waals surface area contributed by atoms with Crippen LogP contribution >= 0.6 is 15.9 Å². The molecule has 88 valence electrons. The summed E-state index contributed by atoms with van der Waals surface area (Å²) in [5, 5.41) is 0. The number of hydrazine groups is 1. The molecule has 0 unspecified atom stereocenters. The topological polar surface area (TPSA) is 60.2 Å². The van der Waals surface area contributed by atoms with Crippen LogP contribution in [-0.4, -0.2) is 4.98 Å². The number of rotatable bonds is 4. The van der Waals surface area contributed by atoms with Gasteiger partial charge in [0.15, 0.2) is 0 Å². The molecule has 0 aliphatic heterocycles. The molecule has 1 aromatic carbocycles. The molecule has 0 bridgehead atoms. The number of benzene rings is 1. The molecule has 0 fully saturated rings. The molecule has 0 saturated carbocycles. The SMILES string of the molecule is NNc1ccc(COc2ccc(Br)cc2)cn1. The van der Waals surface area contributed by atoms with Crippen molar-refractivity contribution in [2.24, 2.45) is 5.84 Å². The Balaban J connectivity index is 1.95. The van der Waals surface area contributed by atoms with Crippen molar-refractivity contribution in [3.8, 4) is 5.75 Å².